The summed E-state index contributed by atoms with van der Waals surface area (Å²) in [6.45, 7) is 2.11. The van der Waals surface area contributed by atoms with E-state index >= 15 is 0 Å². The molecule has 7 heteroatoms. The van der Waals surface area contributed by atoms with Crippen LogP contribution in [-0.2, 0) is 11.3 Å². The zero-order valence-electron chi connectivity index (χ0n) is 8.33. The summed E-state index contributed by atoms with van der Waals surface area (Å²) in [5, 5.41) is 8.00. The van der Waals surface area contributed by atoms with Gasteiger partial charge in [0.15, 0.2) is 0 Å². The largest absolute Gasteiger partial charge is 0.381 e. The summed E-state index contributed by atoms with van der Waals surface area (Å²) in [7, 11) is 0. The normalized spacial score (nSPS) is 16.6. The summed E-state index contributed by atoms with van der Waals surface area (Å²) in [6.07, 6.45) is 3.97. The van der Waals surface area contributed by atoms with Gasteiger partial charge in [-0.3, -0.25) is 0 Å². The third kappa shape index (κ3) is 3.61. The standard InChI is InChI=1S/C8H14N4O.2ClH/c9-5-7-6-12(11-10-7)8-1-3-13-4-2-8;;/h6,8H,1-5,9H2;2*1H. The van der Waals surface area contributed by atoms with Crippen LogP contribution in [-0.4, -0.2) is 28.2 Å². The van der Waals surface area contributed by atoms with Crippen LogP contribution in [0.1, 0.15) is 24.6 Å². The molecule has 2 heterocycles. The van der Waals surface area contributed by atoms with Gasteiger partial charge in [-0.15, -0.1) is 29.9 Å². The van der Waals surface area contributed by atoms with E-state index in [0.29, 0.717) is 12.6 Å². The van der Waals surface area contributed by atoms with E-state index in [1.54, 1.807) is 0 Å². The lowest BCUT2D eigenvalue weighted by molar-refractivity contribution is 0.0657. The Labute approximate surface area is 101 Å². The first kappa shape index (κ1) is 14.6. The number of ether oxygens (including phenoxy) is 1. The topological polar surface area (TPSA) is 66.0 Å². The van der Waals surface area contributed by atoms with E-state index in [9.17, 15) is 0 Å². The number of rotatable bonds is 2. The Morgan fingerprint density at radius 1 is 1.40 bits per heavy atom. The second-order valence-corrected chi connectivity index (χ2v) is 3.24. The monoisotopic (exact) mass is 254 g/mol. The molecule has 2 N–H and O–H groups in total. The summed E-state index contributed by atoms with van der Waals surface area (Å²) in [6, 6.07) is 0.446. The number of nitrogens with two attached hydrogens (primary N) is 1. The van der Waals surface area contributed by atoms with Crippen LogP contribution in [0.25, 0.3) is 0 Å². The van der Waals surface area contributed by atoms with Gasteiger partial charge >= 0.3 is 0 Å². The average Bonchev–Trinajstić information content (AvgIpc) is 2.67. The lowest BCUT2D eigenvalue weighted by atomic mass is 10.1. The lowest BCUT2D eigenvalue weighted by Crippen LogP contribution is -2.20. The molecule has 1 aliphatic heterocycles. The Bertz CT molecular complexity index is 275. The number of aromatic nitrogens is 3. The molecule has 0 spiro atoms. The minimum Gasteiger partial charge on any atom is -0.381 e. The highest BCUT2D eigenvalue weighted by molar-refractivity contribution is 5.85. The van der Waals surface area contributed by atoms with Gasteiger partial charge in [0.1, 0.15) is 0 Å². The van der Waals surface area contributed by atoms with Crippen LogP contribution in [0.3, 0.4) is 0 Å². The van der Waals surface area contributed by atoms with Crippen molar-refractivity contribution in [2.45, 2.75) is 25.4 Å². The molecule has 1 aromatic rings. The zero-order valence-corrected chi connectivity index (χ0v) is 9.97. The van der Waals surface area contributed by atoms with E-state index in [-0.39, 0.29) is 24.8 Å². The molecule has 0 atom stereocenters. The van der Waals surface area contributed by atoms with Gasteiger partial charge in [0.05, 0.1) is 17.9 Å². The highest BCUT2D eigenvalue weighted by Crippen LogP contribution is 2.19. The van der Waals surface area contributed by atoms with Crippen molar-refractivity contribution in [3.63, 3.8) is 0 Å². The van der Waals surface area contributed by atoms with Gasteiger partial charge in [0.25, 0.3) is 0 Å². The van der Waals surface area contributed by atoms with Crippen LogP contribution in [0, 0.1) is 0 Å². The molecule has 0 amide bonds. The molecule has 0 unspecified atom stereocenters. The first-order valence-corrected chi connectivity index (χ1v) is 4.58. The van der Waals surface area contributed by atoms with E-state index < -0.39 is 0 Å². The van der Waals surface area contributed by atoms with Crippen molar-refractivity contribution in [2.24, 2.45) is 5.73 Å². The Hall–Kier alpha value is -0.360. The first-order chi connectivity index (χ1) is 6.40. The zero-order chi connectivity index (χ0) is 9.10. The molecule has 1 aromatic heterocycles. The summed E-state index contributed by atoms with van der Waals surface area (Å²) >= 11 is 0. The van der Waals surface area contributed by atoms with Gasteiger partial charge in [-0.05, 0) is 12.8 Å². The van der Waals surface area contributed by atoms with Crippen LogP contribution >= 0.6 is 24.8 Å². The molecule has 88 valence electrons. The number of halogens is 2. The molecule has 1 saturated heterocycles. The predicted octanol–water partition coefficient (Wildman–Crippen LogP) is 0.932. The molecule has 0 aromatic carbocycles. The van der Waals surface area contributed by atoms with Crippen molar-refractivity contribution in [1.82, 2.24) is 15.0 Å². The van der Waals surface area contributed by atoms with Crippen molar-refractivity contribution in [3.05, 3.63) is 11.9 Å². The third-order valence-electron chi connectivity index (χ3n) is 2.33. The minimum atomic E-state index is 0. The number of hydrogen-bond acceptors (Lipinski definition) is 4. The van der Waals surface area contributed by atoms with Crippen molar-refractivity contribution in [2.75, 3.05) is 13.2 Å². The Morgan fingerprint density at radius 3 is 2.60 bits per heavy atom. The Kier molecular flexibility index (Phi) is 6.84. The second-order valence-electron chi connectivity index (χ2n) is 3.24. The van der Waals surface area contributed by atoms with E-state index in [1.807, 2.05) is 10.9 Å². The average molecular weight is 255 g/mol. The third-order valence-corrected chi connectivity index (χ3v) is 2.33. The smallest absolute Gasteiger partial charge is 0.0962 e. The van der Waals surface area contributed by atoms with E-state index in [4.69, 9.17) is 10.5 Å². The fourth-order valence-electron chi connectivity index (χ4n) is 1.54. The molecule has 1 fully saturated rings. The highest BCUT2D eigenvalue weighted by Gasteiger charge is 2.16. The fourth-order valence-corrected chi connectivity index (χ4v) is 1.54. The molecule has 15 heavy (non-hydrogen) atoms. The van der Waals surface area contributed by atoms with Crippen LogP contribution in [0.4, 0.5) is 0 Å². The summed E-state index contributed by atoms with van der Waals surface area (Å²) in [5.41, 5.74) is 6.31. The number of nitrogens with zero attached hydrogens (tertiary/aromatic N) is 3. The lowest BCUT2D eigenvalue weighted by Gasteiger charge is -2.21. The van der Waals surface area contributed by atoms with Crippen LogP contribution in [0.5, 0.6) is 0 Å². The van der Waals surface area contributed by atoms with Crippen molar-refractivity contribution in [1.29, 1.82) is 0 Å². The van der Waals surface area contributed by atoms with Gasteiger partial charge in [-0.25, -0.2) is 4.68 Å². The summed E-state index contributed by atoms with van der Waals surface area (Å²) in [5.74, 6) is 0. The molecule has 0 aliphatic carbocycles. The predicted molar refractivity (Wildman–Crippen MR) is 61.5 cm³/mol. The van der Waals surface area contributed by atoms with Crippen molar-refractivity contribution in [3.8, 4) is 0 Å². The SMILES string of the molecule is Cl.Cl.NCc1cn(C2CCOCC2)nn1. The molecule has 1 aliphatic rings. The van der Waals surface area contributed by atoms with Crippen LogP contribution in [0.15, 0.2) is 6.20 Å². The van der Waals surface area contributed by atoms with Gasteiger partial charge in [-0.1, -0.05) is 5.21 Å². The van der Waals surface area contributed by atoms with Gasteiger partial charge in [0.2, 0.25) is 0 Å². The van der Waals surface area contributed by atoms with Crippen LogP contribution in [0.2, 0.25) is 0 Å². The van der Waals surface area contributed by atoms with Crippen molar-refractivity contribution < 1.29 is 4.74 Å². The summed E-state index contributed by atoms with van der Waals surface area (Å²) in [4.78, 5) is 0. The maximum Gasteiger partial charge on any atom is 0.0962 e. The number of hydrogen-bond donors (Lipinski definition) is 1. The van der Waals surface area contributed by atoms with E-state index in [2.05, 4.69) is 10.3 Å². The first-order valence-electron chi connectivity index (χ1n) is 4.58. The van der Waals surface area contributed by atoms with Gasteiger partial charge in [-0.2, -0.15) is 0 Å². The maximum atomic E-state index is 5.45. The molecule has 5 nitrogen and oxygen atoms in total. The van der Waals surface area contributed by atoms with E-state index in [1.165, 1.54) is 0 Å². The highest BCUT2D eigenvalue weighted by atomic mass is 35.5. The quantitative estimate of drug-likeness (QED) is 0.853. The fraction of sp³-hybridized carbons (Fsp3) is 0.750. The molecular formula is C8H16Cl2N4O. The minimum absolute atomic E-state index is 0. The van der Waals surface area contributed by atoms with Gasteiger partial charge in [0, 0.05) is 19.8 Å². The molecule has 0 saturated carbocycles. The Morgan fingerprint density at radius 2 is 2.07 bits per heavy atom. The maximum absolute atomic E-state index is 5.45. The summed E-state index contributed by atoms with van der Waals surface area (Å²) < 4.78 is 7.18. The van der Waals surface area contributed by atoms with Crippen molar-refractivity contribution >= 4 is 24.8 Å². The molecule has 0 radical (unpaired) electrons. The van der Waals surface area contributed by atoms with E-state index in [0.717, 1.165) is 31.7 Å². The van der Waals surface area contributed by atoms with Crippen LogP contribution < -0.4 is 5.73 Å². The molecule has 0 bridgehead atoms. The molecule has 2 rings (SSSR count). The van der Waals surface area contributed by atoms with Gasteiger partial charge < -0.3 is 10.5 Å². The molecular weight excluding hydrogens is 239 g/mol. The second kappa shape index (κ2) is 7.00. The Balaban J connectivity index is 0.000000980.